The number of fused-ring (bicyclic) bond motifs is 3. The molecule has 0 amide bonds. The minimum absolute atomic E-state index is 0.0991. The molecule has 3 aliphatic rings. The molecular weight excluding hydrogens is 629 g/mol. The Bertz CT molecular complexity index is 1930. The van der Waals surface area contributed by atoms with Crippen LogP contribution in [0.25, 0.3) is 22.1 Å². The smallest absolute Gasteiger partial charge is 0.287 e. The number of para-hydroxylation sites is 2. The van der Waals surface area contributed by atoms with Crippen LogP contribution in [0.3, 0.4) is 0 Å². The number of nitrogens with zero attached hydrogens (tertiary/aromatic N) is 6. The van der Waals surface area contributed by atoms with E-state index in [4.69, 9.17) is 52.9 Å². The van der Waals surface area contributed by atoms with Crippen LogP contribution in [0.5, 0.6) is 5.75 Å². The van der Waals surface area contributed by atoms with Crippen molar-refractivity contribution in [3.05, 3.63) is 78.4 Å². The predicted molar refractivity (Wildman–Crippen MR) is 173 cm³/mol. The monoisotopic (exact) mass is 658 g/mol. The first kappa shape index (κ1) is 29.3. The number of hydrogen-bond acceptors (Lipinski definition) is 12. The molecule has 4 heterocycles. The summed E-state index contributed by atoms with van der Waals surface area (Å²) in [5, 5.41) is 17.1. The molecule has 236 valence electrons. The van der Waals surface area contributed by atoms with Crippen molar-refractivity contribution in [1.82, 2.24) is 30.0 Å². The number of aromatic nitrogens is 6. The van der Waals surface area contributed by atoms with Gasteiger partial charge in [-0.15, -0.1) is 10.2 Å². The van der Waals surface area contributed by atoms with Crippen LogP contribution in [-0.2, 0) is 23.7 Å². The third-order valence-corrected chi connectivity index (χ3v) is 8.83. The lowest BCUT2D eigenvalue weighted by Crippen LogP contribution is -2.41. The summed E-state index contributed by atoms with van der Waals surface area (Å²) in [6.45, 7) is 3.80. The van der Waals surface area contributed by atoms with E-state index in [1.807, 2.05) is 86.6 Å². The molecule has 0 N–H and O–H groups in total. The lowest BCUT2D eigenvalue weighted by Gasteiger charge is -2.26. The Hall–Kier alpha value is -4.08. The Morgan fingerprint density at radius 2 is 1.50 bits per heavy atom. The zero-order valence-corrected chi connectivity index (χ0v) is 26.6. The van der Waals surface area contributed by atoms with Gasteiger partial charge in [0.1, 0.15) is 35.6 Å². The maximum absolute atomic E-state index is 6.51. The summed E-state index contributed by atoms with van der Waals surface area (Å²) in [5.74, 6) is 0.187. The Labute approximate surface area is 274 Å². The number of hydrogen-bond donors (Lipinski definition) is 0. The SMILES string of the molecule is CC1(C)O[C@H]2O[C@H](COC(=S)n3nnc4ccccc43)[C@H](Oc3ccc(C(OC(=S)n4nnc5ccccc54)C4CC4)cc3)[C@H]2O1. The molecule has 14 heteroatoms. The van der Waals surface area contributed by atoms with Crippen molar-refractivity contribution in [1.29, 1.82) is 0 Å². The minimum atomic E-state index is -0.815. The van der Waals surface area contributed by atoms with Crippen LogP contribution in [0.4, 0.5) is 0 Å². The Morgan fingerprint density at radius 3 is 2.15 bits per heavy atom. The topological polar surface area (TPSA) is 117 Å². The molecule has 2 saturated heterocycles. The van der Waals surface area contributed by atoms with E-state index in [1.54, 1.807) is 4.68 Å². The first-order chi connectivity index (χ1) is 22.3. The molecule has 0 spiro atoms. The average Bonchev–Trinajstić information content (AvgIpc) is 3.38. The van der Waals surface area contributed by atoms with E-state index in [-0.39, 0.29) is 23.1 Å². The summed E-state index contributed by atoms with van der Waals surface area (Å²) in [5.41, 5.74) is 4.03. The molecule has 1 unspecified atom stereocenters. The number of ether oxygens (including phenoxy) is 6. The van der Waals surface area contributed by atoms with Gasteiger partial charge < -0.3 is 28.4 Å². The highest BCUT2D eigenvalue weighted by Crippen LogP contribution is 2.44. The molecule has 5 atom stereocenters. The Balaban J connectivity index is 0.972. The first-order valence-corrected chi connectivity index (χ1v) is 15.9. The molecule has 3 aromatic carbocycles. The second-order valence-electron chi connectivity index (χ2n) is 12.0. The molecule has 2 aromatic heterocycles. The molecule has 0 bridgehead atoms. The average molecular weight is 659 g/mol. The quantitative estimate of drug-likeness (QED) is 0.220. The third kappa shape index (κ3) is 5.60. The zero-order valence-electron chi connectivity index (χ0n) is 25.0. The maximum atomic E-state index is 6.51. The van der Waals surface area contributed by atoms with Crippen molar-refractivity contribution in [2.45, 2.75) is 63.2 Å². The molecule has 8 rings (SSSR count). The molecule has 46 heavy (non-hydrogen) atoms. The molecule has 12 nitrogen and oxygen atoms in total. The molecule has 5 aromatic rings. The van der Waals surface area contributed by atoms with Gasteiger partial charge in [0.25, 0.3) is 10.3 Å². The van der Waals surface area contributed by atoms with Crippen LogP contribution in [0, 0.1) is 5.92 Å². The van der Waals surface area contributed by atoms with Crippen LogP contribution < -0.4 is 4.74 Å². The van der Waals surface area contributed by atoms with Gasteiger partial charge in [0.15, 0.2) is 24.3 Å². The lowest BCUT2D eigenvalue weighted by atomic mass is 10.1. The van der Waals surface area contributed by atoms with Crippen molar-refractivity contribution in [2.75, 3.05) is 6.61 Å². The Morgan fingerprint density at radius 1 is 0.870 bits per heavy atom. The van der Waals surface area contributed by atoms with E-state index in [0.29, 0.717) is 11.7 Å². The van der Waals surface area contributed by atoms with Gasteiger partial charge in [0.05, 0.1) is 11.0 Å². The summed E-state index contributed by atoms with van der Waals surface area (Å²) >= 11 is 11.2. The fourth-order valence-electron chi connectivity index (χ4n) is 5.93. The van der Waals surface area contributed by atoms with Gasteiger partial charge in [-0.2, -0.15) is 9.36 Å². The second kappa shape index (κ2) is 11.6. The number of thiocarbonyl (C=S) groups is 2. The van der Waals surface area contributed by atoms with E-state index in [2.05, 4.69) is 20.6 Å². The summed E-state index contributed by atoms with van der Waals surface area (Å²) in [7, 11) is 0. The van der Waals surface area contributed by atoms with E-state index in [1.165, 1.54) is 4.68 Å². The van der Waals surface area contributed by atoms with Crippen LogP contribution >= 0.6 is 24.4 Å². The van der Waals surface area contributed by atoms with E-state index in [0.717, 1.165) is 40.5 Å². The standard InChI is InChI=1S/C32H30N6O6S2/c1-32(2)43-28-27(25(41-29(28)44-32)17-39-30(45)37-23-9-5-3-7-21(23)33-35-37)40-20-15-13-19(14-16-20)26(18-11-12-18)42-31(46)38-24-10-6-4-8-22(24)34-36-38/h3-10,13-16,18,25-29H,11-12,17H2,1-2H3/t25-,26?,27+,28-,29-/m1/s1. The van der Waals surface area contributed by atoms with Crippen molar-refractivity contribution < 1.29 is 28.4 Å². The maximum Gasteiger partial charge on any atom is 0.287 e. The first-order valence-electron chi connectivity index (χ1n) is 15.1. The highest BCUT2D eigenvalue weighted by atomic mass is 32.1. The van der Waals surface area contributed by atoms with Gasteiger partial charge in [-0.1, -0.05) is 46.8 Å². The van der Waals surface area contributed by atoms with Crippen LogP contribution in [0.2, 0.25) is 0 Å². The van der Waals surface area contributed by atoms with Crippen molar-refractivity contribution >= 4 is 56.9 Å². The van der Waals surface area contributed by atoms with E-state index in [9.17, 15) is 0 Å². The van der Waals surface area contributed by atoms with Gasteiger partial charge in [-0.05, 0) is 93.1 Å². The number of rotatable bonds is 7. The predicted octanol–water partition coefficient (Wildman–Crippen LogP) is 4.95. The van der Waals surface area contributed by atoms with Gasteiger partial charge in [0.2, 0.25) is 0 Å². The summed E-state index contributed by atoms with van der Waals surface area (Å²) < 4.78 is 40.3. The second-order valence-corrected chi connectivity index (χ2v) is 12.7. The molecular formula is C32H30N6O6S2. The normalized spacial score (nSPS) is 24.1. The zero-order chi connectivity index (χ0) is 31.4. The fourth-order valence-corrected chi connectivity index (χ4v) is 6.37. The van der Waals surface area contributed by atoms with Crippen molar-refractivity contribution in [3.63, 3.8) is 0 Å². The van der Waals surface area contributed by atoms with Crippen LogP contribution in [-0.4, -0.2) is 77.3 Å². The van der Waals surface area contributed by atoms with E-state index < -0.39 is 30.4 Å². The van der Waals surface area contributed by atoms with Crippen LogP contribution in [0.1, 0.15) is 38.4 Å². The van der Waals surface area contributed by atoms with Crippen molar-refractivity contribution in [2.24, 2.45) is 5.92 Å². The summed E-state index contributed by atoms with van der Waals surface area (Å²) in [6, 6.07) is 23.0. The fraction of sp³-hybridized carbons (Fsp3) is 0.375. The van der Waals surface area contributed by atoms with Crippen molar-refractivity contribution in [3.8, 4) is 5.75 Å². The molecule has 1 saturated carbocycles. The highest BCUT2D eigenvalue weighted by molar-refractivity contribution is 7.80. The Kier molecular flexibility index (Phi) is 7.41. The lowest BCUT2D eigenvalue weighted by molar-refractivity contribution is -0.216. The minimum Gasteiger partial charge on any atom is -0.485 e. The summed E-state index contributed by atoms with van der Waals surface area (Å²) in [6.07, 6.45) is -0.240. The van der Waals surface area contributed by atoms with E-state index >= 15 is 0 Å². The van der Waals surface area contributed by atoms with Gasteiger partial charge in [-0.3, -0.25) is 0 Å². The van der Waals surface area contributed by atoms with Gasteiger partial charge in [0, 0.05) is 5.92 Å². The molecule has 2 aliphatic heterocycles. The highest BCUT2D eigenvalue weighted by Gasteiger charge is 2.56. The van der Waals surface area contributed by atoms with Crippen LogP contribution in [0.15, 0.2) is 72.8 Å². The largest absolute Gasteiger partial charge is 0.485 e. The number of benzene rings is 3. The molecule has 3 fully saturated rings. The molecule has 1 aliphatic carbocycles. The summed E-state index contributed by atoms with van der Waals surface area (Å²) in [4.78, 5) is 0. The third-order valence-electron chi connectivity index (χ3n) is 8.27. The van der Waals surface area contributed by atoms with Gasteiger partial charge >= 0.3 is 0 Å². The van der Waals surface area contributed by atoms with Gasteiger partial charge in [-0.25, -0.2) is 0 Å². The molecule has 0 radical (unpaired) electrons.